The maximum Gasteiger partial charge on any atom is 0.338 e. The molecule has 7 nitrogen and oxygen atoms in total. The second kappa shape index (κ2) is 5.41. The Balaban J connectivity index is 1.44. The first kappa shape index (κ1) is 14.8. The molecule has 0 bridgehead atoms. The molecule has 1 aromatic heterocycles. The van der Waals surface area contributed by atoms with E-state index in [4.69, 9.17) is 14.2 Å². The van der Waals surface area contributed by atoms with Crippen LogP contribution >= 0.6 is 0 Å². The quantitative estimate of drug-likeness (QED) is 0.792. The van der Waals surface area contributed by atoms with Gasteiger partial charge in [0.1, 0.15) is 0 Å². The van der Waals surface area contributed by atoms with Crippen LogP contribution in [0, 0.1) is 0 Å². The first-order chi connectivity index (χ1) is 11.5. The lowest BCUT2D eigenvalue weighted by atomic mass is 10.2. The topological polar surface area (TPSA) is 79.7 Å². The number of carbonyl (C=O) groups is 1. The summed E-state index contributed by atoms with van der Waals surface area (Å²) >= 11 is 0. The van der Waals surface area contributed by atoms with Crippen LogP contribution in [0.4, 0.5) is 4.39 Å². The molecule has 0 aliphatic carbocycles. The SMILES string of the molecule is O=C(OC[C@]1(F)CC2Oc3nc(=O)ccn3[C@@H]2O1)c1ccccc1. The molecule has 124 valence electrons. The zero-order chi connectivity index (χ0) is 16.7. The minimum Gasteiger partial charge on any atom is -0.456 e. The summed E-state index contributed by atoms with van der Waals surface area (Å²) in [6.45, 7) is -0.542. The molecule has 0 spiro atoms. The summed E-state index contributed by atoms with van der Waals surface area (Å²) in [5.74, 6) is -2.78. The van der Waals surface area contributed by atoms with Crippen molar-refractivity contribution in [3.8, 4) is 6.01 Å². The van der Waals surface area contributed by atoms with E-state index in [-0.39, 0.29) is 12.4 Å². The summed E-state index contributed by atoms with van der Waals surface area (Å²) in [5, 5.41) is 0. The smallest absolute Gasteiger partial charge is 0.338 e. The largest absolute Gasteiger partial charge is 0.456 e. The Bertz CT molecular complexity index is 840. The standard InChI is InChI=1S/C16H13FN2O5/c17-16(9-22-14(21)10-4-2-1-3-5-10)8-11-13(24-16)19-7-6-12(20)18-15(19)23-11/h1-7,11,13H,8-9H2/t11?,13-,16+/m1/s1. The van der Waals surface area contributed by atoms with Gasteiger partial charge in [0.25, 0.3) is 5.56 Å². The molecule has 1 unspecified atom stereocenters. The van der Waals surface area contributed by atoms with Gasteiger partial charge in [-0.05, 0) is 12.1 Å². The van der Waals surface area contributed by atoms with Crippen molar-refractivity contribution >= 4 is 5.97 Å². The zero-order valence-electron chi connectivity index (χ0n) is 12.4. The molecule has 3 atom stereocenters. The van der Waals surface area contributed by atoms with Crippen molar-refractivity contribution in [2.24, 2.45) is 0 Å². The highest BCUT2D eigenvalue weighted by Gasteiger charge is 2.54. The Kier molecular flexibility index (Phi) is 3.34. The van der Waals surface area contributed by atoms with Crippen LogP contribution in [0.25, 0.3) is 0 Å². The van der Waals surface area contributed by atoms with Gasteiger partial charge in [0.15, 0.2) is 18.9 Å². The third kappa shape index (κ3) is 2.54. The number of hydrogen-bond acceptors (Lipinski definition) is 6. The van der Waals surface area contributed by atoms with Crippen LogP contribution in [0.2, 0.25) is 0 Å². The van der Waals surface area contributed by atoms with E-state index >= 15 is 0 Å². The number of esters is 1. The maximum absolute atomic E-state index is 14.8. The molecule has 0 saturated carbocycles. The average molecular weight is 332 g/mol. The van der Waals surface area contributed by atoms with Crippen LogP contribution in [0.15, 0.2) is 47.4 Å². The van der Waals surface area contributed by atoms with E-state index < -0.39 is 36.3 Å². The molecule has 4 rings (SSSR count). The number of fused-ring (bicyclic) bond motifs is 3. The van der Waals surface area contributed by atoms with Crippen molar-refractivity contribution in [1.82, 2.24) is 9.55 Å². The Morgan fingerprint density at radius 1 is 1.38 bits per heavy atom. The lowest BCUT2D eigenvalue weighted by molar-refractivity contribution is -0.176. The number of halogens is 1. The van der Waals surface area contributed by atoms with Crippen molar-refractivity contribution in [2.75, 3.05) is 6.61 Å². The first-order valence-electron chi connectivity index (χ1n) is 7.39. The molecule has 0 N–H and O–H groups in total. The van der Waals surface area contributed by atoms with Crippen LogP contribution in [0.1, 0.15) is 23.0 Å². The number of rotatable bonds is 3. The average Bonchev–Trinajstić information content (AvgIpc) is 3.06. The Labute approximate surface area is 135 Å². The van der Waals surface area contributed by atoms with Gasteiger partial charge in [0, 0.05) is 12.3 Å². The summed E-state index contributed by atoms with van der Waals surface area (Å²) < 4.78 is 32.1. The van der Waals surface area contributed by atoms with E-state index in [0.29, 0.717) is 5.56 Å². The predicted octanol–water partition coefficient (Wildman–Crippen LogP) is 1.45. The molecule has 1 aromatic carbocycles. The van der Waals surface area contributed by atoms with Crippen molar-refractivity contribution in [1.29, 1.82) is 0 Å². The zero-order valence-corrected chi connectivity index (χ0v) is 12.4. The van der Waals surface area contributed by atoms with Crippen LogP contribution in [-0.2, 0) is 9.47 Å². The summed E-state index contributed by atoms with van der Waals surface area (Å²) in [6.07, 6.45) is -0.0535. The van der Waals surface area contributed by atoms with Crippen LogP contribution in [0.3, 0.4) is 0 Å². The van der Waals surface area contributed by atoms with Gasteiger partial charge in [-0.15, -0.1) is 0 Å². The number of nitrogens with zero attached hydrogens (tertiary/aromatic N) is 2. The van der Waals surface area contributed by atoms with E-state index in [1.54, 1.807) is 30.3 Å². The molecule has 0 amide bonds. The fraction of sp³-hybridized carbons (Fsp3) is 0.312. The van der Waals surface area contributed by atoms with Crippen LogP contribution < -0.4 is 10.3 Å². The summed E-state index contributed by atoms with van der Waals surface area (Å²) in [4.78, 5) is 26.8. The molecule has 3 heterocycles. The summed E-state index contributed by atoms with van der Waals surface area (Å²) in [7, 11) is 0. The van der Waals surface area contributed by atoms with Gasteiger partial charge in [-0.25, -0.2) is 9.18 Å². The monoisotopic (exact) mass is 332 g/mol. The van der Waals surface area contributed by atoms with E-state index in [1.807, 2.05) is 0 Å². The number of alkyl halides is 1. The van der Waals surface area contributed by atoms with Gasteiger partial charge in [-0.1, -0.05) is 18.2 Å². The van der Waals surface area contributed by atoms with Gasteiger partial charge in [-0.2, -0.15) is 4.98 Å². The fourth-order valence-electron chi connectivity index (χ4n) is 2.81. The molecule has 8 heteroatoms. The molecule has 2 aliphatic heterocycles. The van der Waals surface area contributed by atoms with E-state index in [0.717, 1.165) is 0 Å². The Hall–Kier alpha value is -2.74. The number of ether oxygens (including phenoxy) is 3. The van der Waals surface area contributed by atoms with Gasteiger partial charge < -0.3 is 14.2 Å². The third-order valence-electron chi connectivity index (χ3n) is 3.92. The van der Waals surface area contributed by atoms with E-state index in [9.17, 15) is 14.0 Å². The highest BCUT2D eigenvalue weighted by Crippen LogP contribution is 2.44. The van der Waals surface area contributed by atoms with Crippen molar-refractivity contribution < 1.29 is 23.4 Å². The van der Waals surface area contributed by atoms with Crippen LogP contribution in [0.5, 0.6) is 6.01 Å². The summed E-state index contributed by atoms with van der Waals surface area (Å²) in [6, 6.07) is 9.65. The molecular weight excluding hydrogens is 319 g/mol. The third-order valence-corrected chi connectivity index (χ3v) is 3.92. The van der Waals surface area contributed by atoms with Crippen LogP contribution in [-0.4, -0.2) is 34.1 Å². The minimum absolute atomic E-state index is 0.0980. The second-order valence-electron chi connectivity index (χ2n) is 5.65. The van der Waals surface area contributed by atoms with Gasteiger partial charge in [-0.3, -0.25) is 9.36 Å². The molecule has 2 aromatic rings. The normalized spacial score (nSPS) is 27.2. The van der Waals surface area contributed by atoms with E-state index in [2.05, 4.69) is 4.98 Å². The van der Waals surface area contributed by atoms with Crippen molar-refractivity contribution in [3.05, 3.63) is 58.5 Å². The van der Waals surface area contributed by atoms with Gasteiger partial charge in [0.05, 0.1) is 12.0 Å². The first-order valence-corrected chi connectivity index (χ1v) is 7.39. The lowest BCUT2D eigenvalue weighted by Gasteiger charge is -2.20. The Morgan fingerprint density at radius 2 is 2.17 bits per heavy atom. The Morgan fingerprint density at radius 3 is 2.96 bits per heavy atom. The highest BCUT2D eigenvalue weighted by atomic mass is 19.2. The molecular formula is C16H13FN2O5. The minimum atomic E-state index is -2.15. The fourth-order valence-corrected chi connectivity index (χ4v) is 2.81. The van der Waals surface area contributed by atoms with Gasteiger partial charge >= 0.3 is 12.0 Å². The number of aromatic nitrogens is 2. The second-order valence-corrected chi connectivity index (χ2v) is 5.65. The van der Waals surface area contributed by atoms with Crippen molar-refractivity contribution in [2.45, 2.75) is 24.6 Å². The number of hydrogen-bond donors (Lipinski definition) is 0. The molecule has 24 heavy (non-hydrogen) atoms. The molecule has 0 radical (unpaired) electrons. The molecule has 1 fully saturated rings. The number of carbonyl (C=O) groups excluding carboxylic acids is 1. The molecule has 2 aliphatic rings. The van der Waals surface area contributed by atoms with Gasteiger partial charge in [0.2, 0.25) is 5.85 Å². The molecule has 1 saturated heterocycles. The maximum atomic E-state index is 14.8. The predicted molar refractivity (Wildman–Crippen MR) is 78.2 cm³/mol. The van der Waals surface area contributed by atoms with E-state index in [1.165, 1.54) is 16.8 Å². The highest BCUT2D eigenvalue weighted by molar-refractivity contribution is 5.89. The summed E-state index contributed by atoms with van der Waals surface area (Å²) in [5.41, 5.74) is -0.105. The van der Waals surface area contributed by atoms with Crippen molar-refractivity contribution in [3.63, 3.8) is 0 Å². The lowest BCUT2D eigenvalue weighted by Crippen LogP contribution is -2.31. The number of benzene rings is 1.